The van der Waals surface area contributed by atoms with Crippen LogP contribution in [0.4, 0.5) is 4.39 Å². The van der Waals surface area contributed by atoms with E-state index in [0.29, 0.717) is 6.42 Å². The highest BCUT2D eigenvalue weighted by Crippen LogP contribution is 2.14. The van der Waals surface area contributed by atoms with E-state index in [4.69, 9.17) is 5.73 Å². The van der Waals surface area contributed by atoms with Crippen molar-refractivity contribution in [3.8, 4) is 0 Å². The highest BCUT2D eigenvalue weighted by atomic mass is 19.1. The van der Waals surface area contributed by atoms with Crippen LogP contribution in [0, 0.1) is 5.82 Å². The normalized spacial score (nSPS) is 12.4. The van der Waals surface area contributed by atoms with Gasteiger partial charge in [0.1, 0.15) is 12.1 Å². The van der Waals surface area contributed by atoms with Crippen LogP contribution in [0.15, 0.2) is 43.0 Å². The Morgan fingerprint density at radius 1 is 1.25 bits per heavy atom. The number of halogens is 1. The summed E-state index contributed by atoms with van der Waals surface area (Å²) in [6.45, 7) is 0. The average Bonchev–Trinajstić information content (AvgIpc) is 2.30. The highest BCUT2D eigenvalue weighted by molar-refractivity contribution is 5.20. The Balaban J connectivity index is 2.11. The smallest absolute Gasteiger partial charge is 0.123 e. The number of rotatable bonds is 3. The minimum atomic E-state index is -0.242. The molecule has 1 atom stereocenters. The third-order valence-corrected chi connectivity index (χ3v) is 2.35. The molecule has 0 fully saturated rings. The maximum Gasteiger partial charge on any atom is 0.123 e. The molecule has 1 aromatic carbocycles. The molecular formula is C12H12FN3. The number of aromatic nitrogens is 2. The van der Waals surface area contributed by atoms with E-state index < -0.39 is 0 Å². The molecule has 1 unspecified atom stereocenters. The Bertz CT molecular complexity index is 459. The van der Waals surface area contributed by atoms with Crippen LogP contribution in [0.3, 0.4) is 0 Å². The summed E-state index contributed by atoms with van der Waals surface area (Å²) in [5.41, 5.74) is 7.70. The molecule has 1 aromatic heterocycles. The van der Waals surface area contributed by atoms with Crippen molar-refractivity contribution >= 4 is 0 Å². The van der Waals surface area contributed by atoms with E-state index in [1.54, 1.807) is 18.5 Å². The fourth-order valence-corrected chi connectivity index (χ4v) is 1.54. The summed E-state index contributed by atoms with van der Waals surface area (Å²) in [6.07, 6.45) is 5.39. The first-order valence-electron chi connectivity index (χ1n) is 5.00. The van der Waals surface area contributed by atoms with Gasteiger partial charge >= 0.3 is 0 Å². The Morgan fingerprint density at radius 2 is 2.00 bits per heavy atom. The van der Waals surface area contributed by atoms with Gasteiger partial charge in [-0.1, -0.05) is 12.1 Å². The number of hydrogen-bond acceptors (Lipinski definition) is 3. The zero-order chi connectivity index (χ0) is 11.4. The molecule has 0 radical (unpaired) electrons. The summed E-state index contributed by atoms with van der Waals surface area (Å²) < 4.78 is 13.0. The van der Waals surface area contributed by atoms with Crippen molar-refractivity contribution in [3.63, 3.8) is 0 Å². The van der Waals surface area contributed by atoms with E-state index in [2.05, 4.69) is 9.97 Å². The van der Waals surface area contributed by atoms with Crippen LogP contribution in [0.5, 0.6) is 0 Å². The summed E-state index contributed by atoms with van der Waals surface area (Å²) >= 11 is 0. The Kier molecular flexibility index (Phi) is 3.22. The lowest BCUT2D eigenvalue weighted by Crippen LogP contribution is -2.13. The lowest BCUT2D eigenvalue weighted by Gasteiger charge is -2.10. The summed E-state index contributed by atoms with van der Waals surface area (Å²) in [7, 11) is 0. The van der Waals surface area contributed by atoms with Crippen LogP contribution in [-0.4, -0.2) is 9.97 Å². The van der Waals surface area contributed by atoms with E-state index in [1.807, 2.05) is 6.07 Å². The Labute approximate surface area is 93.2 Å². The van der Waals surface area contributed by atoms with E-state index in [1.165, 1.54) is 18.5 Å². The van der Waals surface area contributed by atoms with Crippen molar-refractivity contribution in [2.24, 2.45) is 5.73 Å². The zero-order valence-electron chi connectivity index (χ0n) is 8.68. The van der Waals surface area contributed by atoms with Crippen LogP contribution in [0.25, 0.3) is 0 Å². The fourth-order valence-electron chi connectivity index (χ4n) is 1.54. The molecule has 0 bridgehead atoms. The molecule has 0 aliphatic rings. The molecule has 2 rings (SSSR count). The van der Waals surface area contributed by atoms with Crippen LogP contribution in [0.1, 0.15) is 17.2 Å². The maximum atomic E-state index is 13.0. The molecule has 0 aliphatic heterocycles. The minimum Gasteiger partial charge on any atom is -0.324 e. The summed E-state index contributed by atoms with van der Waals surface area (Å²) in [6, 6.07) is 6.23. The second kappa shape index (κ2) is 4.81. The van der Waals surface area contributed by atoms with Crippen LogP contribution in [0.2, 0.25) is 0 Å². The Morgan fingerprint density at radius 3 is 2.69 bits per heavy atom. The van der Waals surface area contributed by atoms with Gasteiger partial charge in [-0.25, -0.2) is 14.4 Å². The molecular weight excluding hydrogens is 205 g/mol. The van der Waals surface area contributed by atoms with Crippen molar-refractivity contribution < 1.29 is 4.39 Å². The zero-order valence-corrected chi connectivity index (χ0v) is 8.68. The van der Waals surface area contributed by atoms with Gasteiger partial charge in [-0.15, -0.1) is 0 Å². The lowest BCUT2D eigenvalue weighted by atomic mass is 10.0. The summed E-state index contributed by atoms with van der Waals surface area (Å²) in [4.78, 5) is 7.80. The highest BCUT2D eigenvalue weighted by Gasteiger charge is 2.07. The van der Waals surface area contributed by atoms with Crippen molar-refractivity contribution in [1.29, 1.82) is 0 Å². The van der Waals surface area contributed by atoms with E-state index >= 15 is 0 Å². The van der Waals surface area contributed by atoms with Gasteiger partial charge in [0.25, 0.3) is 0 Å². The first-order valence-corrected chi connectivity index (χ1v) is 5.00. The molecule has 0 saturated heterocycles. The topological polar surface area (TPSA) is 51.8 Å². The van der Waals surface area contributed by atoms with Crippen LogP contribution in [-0.2, 0) is 6.42 Å². The molecule has 0 aliphatic carbocycles. The van der Waals surface area contributed by atoms with Gasteiger partial charge in [0, 0.05) is 24.0 Å². The SMILES string of the molecule is NC(Cc1cccc(F)c1)c1cncnc1. The van der Waals surface area contributed by atoms with Crippen molar-refractivity contribution in [2.75, 3.05) is 0 Å². The number of benzene rings is 1. The lowest BCUT2D eigenvalue weighted by molar-refractivity contribution is 0.621. The first kappa shape index (κ1) is 10.7. The second-order valence-corrected chi connectivity index (χ2v) is 3.61. The van der Waals surface area contributed by atoms with Gasteiger partial charge in [-0.3, -0.25) is 0 Å². The van der Waals surface area contributed by atoms with Crippen LogP contribution < -0.4 is 5.73 Å². The predicted octanol–water partition coefficient (Wildman–Crippen LogP) is 1.86. The Hall–Kier alpha value is -1.81. The molecule has 82 valence electrons. The molecule has 16 heavy (non-hydrogen) atoms. The quantitative estimate of drug-likeness (QED) is 0.853. The molecule has 2 N–H and O–H groups in total. The molecule has 1 heterocycles. The van der Waals surface area contributed by atoms with E-state index in [9.17, 15) is 4.39 Å². The maximum absolute atomic E-state index is 13.0. The van der Waals surface area contributed by atoms with Gasteiger partial charge < -0.3 is 5.73 Å². The third-order valence-electron chi connectivity index (χ3n) is 2.35. The fraction of sp³-hybridized carbons (Fsp3) is 0.167. The molecule has 2 aromatic rings. The first-order chi connectivity index (χ1) is 7.75. The van der Waals surface area contributed by atoms with Gasteiger partial charge in [-0.2, -0.15) is 0 Å². The monoisotopic (exact) mass is 217 g/mol. The van der Waals surface area contributed by atoms with Gasteiger partial charge in [0.15, 0.2) is 0 Å². The molecule has 0 spiro atoms. The van der Waals surface area contributed by atoms with Crippen molar-refractivity contribution in [3.05, 3.63) is 59.9 Å². The van der Waals surface area contributed by atoms with E-state index in [0.717, 1.165) is 11.1 Å². The number of hydrogen-bond donors (Lipinski definition) is 1. The standard InChI is InChI=1S/C12H12FN3/c13-11-3-1-2-9(4-11)5-12(14)10-6-15-8-16-7-10/h1-4,6-8,12H,5,14H2. The average molecular weight is 217 g/mol. The molecule has 3 nitrogen and oxygen atoms in total. The second-order valence-electron chi connectivity index (χ2n) is 3.61. The van der Waals surface area contributed by atoms with Crippen molar-refractivity contribution in [1.82, 2.24) is 9.97 Å². The van der Waals surface area contributed by atoms with Gasteiger partial charge in [0.2, 0.25) is 0 Å². The number of nitrogens with two attached hydrogens (primary N) is 1. The number of nitrogens with zero attached hydrogens (tertiary/aromatic N) is 2. The summed E-state index contributed by atoms with van der Waals surface area (Å²) in [5.74, 6) is -0.242. The predicted molar refractivity (Wildman–Crippen MR) is 59.1 cm³/mol. The molecule has 4 heteroatoms. The van der Waals surface area contributed by atoms with Gasteiger partial charge in [-0.05, 0) is 24.1 Å². The third kappa shape index (κ3) is 2.61. The van der Waals surface area contributed by atoms with Gasteiger partial charge in [0.05, 0.1) is 0 Å². The van der Waals surface area contributed by atoms with E-state index in [-0.39, 0.29) is 11.9 Å². The van der Waals surface area contributed by atoms with Crippen LogP contribution >= 0.6 is 0 Å². The minimum absolute atomic E-state index is 0.206. The molecule has 0 saturated carbocycles. The van der Waals surface area contributed by atoms with Crippen molar-refractivity contribution in [2.45, 2.75) is 12.5 Å². The summed E-state index contributed by atoms with van der Waals surface area (Å²) in [5, 5.41) is 0. The largest absolute Gasteiger partial charge is 0.324 e. The molecule has 0 amide bonds.